The van der Waals surface area contributed by atoms with E-state index in [1.807, 2.05) is 38.1 Å². The van der Waals surface area contributed by atoms with Gasteiger partial charge in [0, 0.05) is 69.8 Å². The van der Waals surface area contributed by atoms with Crippen LogP contribution in [0.3, 0.4) is 0 Å². The predicted molar refractivity (Wildman–Crippen MR) is 323 cm³/mol. The lowest BCUT2D eigenvalue weighted by atomic mass is 9.96. The summed E-state index contributed by atoms with van der Waals surface area (Å²) in [4.78, 5) is 140. The number of likely N-dealkylation sites (tertiary alicyclic amines) is 1. The number of primary amides is 2. The Hall–Kier alpha value is -9.15. The first kappa shape index (κ1) is 69.6. The number of carbonyl (C=O) groups is 10. The summed E-state index contributed by atoms with van der Waals surface area (Å²) in [5, 5.41) is 75.4. The Kier molecular flexibility index (Phi) is 26.6. The largest absolute Gasteiger partial charge is 0.508 e. The molecule has 2 heterocycles. The van der Waals surface area contributed by atoms with E-state index in [1.165, 1.54) is 38.1 Å². The number of aromatic amines is 1. The summed E-state index contributed by atoms with van der Waals surface area (Å²) in [6.07, 6.45) is -4.15. The standard InChI is InChI=1S/C60H84N14O14/c1-32(2)24-45(55(84)69-42(16-11-23-65-60(63)64-5)54(83)71-44(53(62)82)27-37-30-66-41-15-10-9-14-40(37)41)68-51(81)22-21-49(79)43(25-35-12-7-6-8-13-35)70-58(87)52(33(3)75)73-56(85)46(29-50(61)80)72-57(86)48-28-39(78)31-74(48)59(88)47(67-34(4)76)26-36-17-19-38(77)20-18-36/h6-10,12-15,17-20,30,32-33,39,42-49,52,66,75,77-79H,11,16,21-29,31H2,1-5H3,(H2,61,80)(H2,62,82)(H,67,76)(H,68,81)(H,69,84)(H,70,87)(H,71,83)(H,72,86)(H,73,85)(H3,63,64,65)/t33-,39-,42+,43+,44+,45+,46+,47-,48+,49-,52+/m1/s1. The summed E-state index contributed by atoms with van der Waals surface area (Å²) in [7, 11) is 1.55. The van der Waals surface area contributed by atoms with Crippen molar-refractivity contribution in [1.82, 2.24) is 57.7 Å². The van der Waals surface area contributed by atoms with Gasteiger partial charge in [-0.3, -0.25) is 53.4 Å². The van der Waals surface area contributed by atoms with E-state index < -0.39 is 139 Å². The van der Waals surface area contributed by atoms with Crippen molar-refractivity contribution in [2.45, 2.75) is 159 Å². The minimum absolute atomic E-state index is 0.0228. The number of aliphatic hydroxyl groups excluding tert-OH is 3. The molecule has 1 fully saturated rings. The zero-order valence-electron chi connectivity index (χ0n) is 50.0. The number of phenols is 1. The van der Waals surface area contributed by atoms with Crippen molar-refractivity contribution >= 4 is 75.9 Å². The molecule has 1 aromatic heterocycles. The molecule has 0 unspecified atom stereocenters. The van der Waals surface area contributed by atoms with Gasteiger partial charge in [-0.05, 0) is 79.8 Å². The third-order valence-corrected chi connectivity index (χ3v) is 14.7. The summed E-state index contributed by atoms with van der Waals surface area (Å²) < 4.78 is 0. The minimum atomic E-state index is -1.81. The van der Waals surface area contributed by atoms with Crippen molar-refractivity contribution < 1.29 is 68.4 Å². The van der Waals surface area contributed by atoms with E-state index >= 15 is 0 Å². The Morgan fingerprint density at radius 2 is 1.34 bits per heavy atom. The topological polar surface area (TPSA) is 455 Å². The molecule has 28 heteroatoms. The van der Waals surface area contributed by atoms with Crippen LogP contribution in [0.5, 0.6) is 5.75 Å². The highest BCUT2D eigenvalue weighted by molar-refractivity contribution is 5.98. The number of hydrogen-bond acceptors (Lipinski definition) is 15. The SMILES string of the molecule is CNC(=N)NCCC[C@H](NC(=O)[C@H](CC(C)C)NC(=O)CC[C@@H](O)[C@H](Cc1ccccc1)NC(=O)[C@@H](NC(=O)[C@H](CC(N)=O)NC(=O)[C@@H]1C[C@@H](O)CN1C(=O)[C@@H](Cc1ccc(O)cc1)NC(C)=O)[C@@H](C)O)C(=O)N[C@@H](Cc1c[nH]c2ccccc12)C(N)=O. The number of β-amino-alcohol motifs (C(OH)–C–C–N with tert-alkyl or cyclic N) is 1. The molecule has 3 aromatic carbocycles. The Bertz CT molecular complexity index is 3070. The van der Waals surface area contributed by atoms with E-state index in [-0.39, 0.29) is 82.1 Å². The fourth-order valence-corrected chi connectivity index (χ4v) is 10.2. The van der Waals surface area contributed by atoms with Crippen LogP contribution >= 0.6 is 0 Å². The fourth-order valence-electron chi connectivity index (χ4n) is 10.2. The monoisotopic (exact) mass is 1220 g/mol. The Balaban J connectivity index is 1.27. The third kappa shape index (κ3) is 21.7. The highest BCUT2D eigenvalue weighted by atomic mass is 16.3. The number of aromatic nitrogens is 1. The zero-order valence-corrected chi connectivity index (χ0v) is 50.0. The van der Waals surface area contributed by atoms with E-state index in [9.17, 15) is 68.4 Å². The second-order valence-electron chi connectivity index (χ2n) is 22.4. The number of aromatic hydroxyl groups is 1. The molecule has 28 nitrogen and oxygen atoms in total. The molecule has 1 aliphatic heterocycles. The molecule has 88 heavy (non-hydrogen) atoms. The molecule has 0 bridgehead atoms. The molecule has 0 radical (unpaired) electrons. The van der Waals surface area contributed by atoms with Crippen LogP contribution in [0.4, 0.5) is 0 Å². The number of phenolic OH excluding ortho intramolecular Hbond substituents is 1. The van der Waals surface area contributed by atoms with Gasteiger partial charge in [0.1, 0.15) is 48.0 Å². The lowest BCUT2D eigenvalue weighted by Crippen LogP contribution is -2.61. The number of H-pyrrole nitrogens is 1. The predicted octanol–water partition coefficient (Wildman–Crippen LogP) is -2.27. The average Bonchev–Trinajstić information content (AvgIpc) is 2.76. The number of carbonyl (C=O) groups excluding carboxylic acids is 10. The van der Waals surface area contributed by atoms with E-state index in [4.69, 9.17) is 16.9 Å². The summed E-state index contributed by atoms with van der Waals surface area (Å²) in [5.74, 6) is -8.77. The van der Waals surface area contributed by atoms with Gasteiger partial charge in [0.15, 0.2) is 5.96 Å². The fraction of sp³-hybridized carbons (Fsp3) is 0.483. The Morgan fingerprint density at radius 1 is 0.705 bits per heavy atom. The Labute approximate surface area is 509 Å². The molecule has 4 aromatic rings. The number of nitrogens with one attached hydrogen (secondary N) is 11. The average molecular weight is 1230 g/mol. The van der Waals surface area contributed by atoms with Crippen molar-refractivity contribution in [1.29, 1.82) is 5.41 Å². The second kappa shape index (κ2) is 33.7. The molecule has 5 rings (SSSR count). The van der Waals surface area contributed by atoms with Crippen LogP contribution in [0.15, 0.2) is 85.1 Å². The molecule has 10 amide bonds. The first-order valence-electron chi connectivity index (χ1n) is 29.1. The van der Waals surface area contributed by atoms with Crippen LogP contribution in [0.1, 0.15) is 89.3 Å². The van der Waals surface area contributed by atoms with Gasteiger partial charge in [0.05, 0.1) is 30.8 Å². The molecule has 0 aliphatic carbocycles. The maximum atomic E-state index is 14.2. The van der Waals surface area contributed by atoms with Crippen molar-refractivity contribution in [3.63, 3.8) is 0 Å². The number of amides is 10. The molecule has 1 aliphatic rings. The van der Waals surface area contributed by atoms with Gasteiger partial charge in [0.25, 0.3) is 0 Å². The van der Waals surface area contributed by atoms with Gasteiger partial charge in [-0.25, -0.2) is 0 Å². The Morgan fingerprint density at radius 3 is 1.98 bits per heavy atom. The van der Waals surface area contributed by atoms with Gasteiger partial charge >= 0.3 is 0 Å². The van der Waals surface area contributed by atoms with E-state index in [0.717, 1.165) is 15.8 Å². The summed E-state index contributed by atoms with van der Waals surface area (Å²) >= 11 is 0. The van der Waals surface area contributed by atoms with Crippen molar-refractivity contribution in [3.05, 3.63) is 102 Å². The number of guanidine groups is 1. The first-order valence-corrected chi connectivity index (χ1v) is 29.1. The zero-order chi connectivity index (χ0) is 64.8. The number of aliphatic hydroxyl groups is 3. The number of benzene rings is 3. The van der Waals surface area contributed by atoms with Crippen LogP contribution < -0.4 is 59.3 Å². The van der Waals surface area contributed by atoms with Crippen LogP contribution in [0, 0.1) is 11.3 Å². The second-order valence-corrected chi connectivity index (χ2v) is 22.4. The van der Waals surface area contributed by atoms with Crippen LogP contribution in [-0.2, 0) is 67.2 Å². The van der Waals surface area contributed by atoms with Crippen LogP contribution in [0.2, 0.25) is 0 Å². The van der Waals surface area contributed by atoms with Gasteiger partial charge in [-0.2, -0.15) is 0 Å². The first-order chi connectivity index (χ1) is 41.7. The van der Waals surface area contributed by atoms with Crippen molar-refractivity contribution in [2.24, 2.45) is 17.4 Å². The maximum absolute atomic E-state index is 14.2. The summed E-state index contributed by atoms with van der Waals surface area (Å²) in [6.45, 7) is 5.86. The lowest BCUT2D eigenvalue weighted by Gasteiger charge is -2.30. The van der Waals surface area contributed by atoms with Gasteiger partial charge < -0.3 is 89.6 Å². The normalized spacial score (nSPS) is 16.9. The molecular weight excluding hydrogens is 1140 g/mol. The maximum Gasteiger partial charge on any atom is 0.246 e. The molecule has 1 saturated heterocycles. The molecule has 0 spiro atoms. The van der Waals surface area contributed by atoms with Crippen molar-refractivity contribution in [3.8, 4) is 5.75 Å². The van der Waals surface area contributed by atoms with Gasteiger partial charge in [-0.1, -0.05) is 74.5 Å². The molecule has 19 N–H and O–H groups in total. The smallest absolute Gasteiger partial charge is 0.246 e. The van der Waals surface area contributed by atoms with Crippen molar-refractivity contribution in [2.75, 3.05) is 20.1 Å². The number of nitrogens with two attached hydrogens (primary N) is 2. The molecular formula is C60H84N14O14. The lowest BCUT2D eigenvalue weighted by molar-refractivity contribution is -0.142. The number of nitrogens with zero attached hydrogens (tertiary/aromatic N) is 1. The van der Waals surface area contributed by atoms with Gasteiger partial charge in [-0.15, -0.1) is 0 Å². The van der Waals surface area contributed by atoms with Crippen LogP contribution in [0.25, 0.3) is 10.9 Å². The highest BCUT2D eigenvalue weighted by Crippen LogP contribution is 2.23. The van der Waals surface area contributed by atoms with Crippen LogP contribution in [-0.4, -0.2) is 182 Å². The summed E-state index contributed by atoms with van der Waals surface area (Å²) in [6, 6.07) is 10.7. The van der Waals surface area contributed by atoms with E-state index in [2.05, 4.69) is 52.8 Å². The van der Waals surface area contributed by atoms with E-state index in [0.29, 0.717) is 16.7 Å². The number of fused-ring (bicyclic) bond motifs is 1. The quantitative estimate of drug-likeness (QED) is 0.0136. The number of para-hydroxylation sites is 1. The number of hydrogen-bond donors (Lipinski definition) is 17. The highest BCUT2D eigenvalue weighted by Gasteiger charge is 2.43. The van der Waals surface area contributed by atoms with Gasteiger partial charge in [0.2, 0.25) is 59.1 Å². The summed E-state index contributed by atoms with van der Waals surface area (Å²) in [5.41, 5.74) is 14.0. The molecule has 11 atom stereocenters. The minimum Gasteiger partial charge on any atom is -0.508 e. The third-order valence-electron chi connectivity index (χ3n) is 14.7. The number of rotatable bonds is 33. The molecule has 0 saturated carbocycles. The molecule has 478 valence electrons. The van der Waals surface area contributed by atoms with E-state index in [1.54, 1.807) is 43.6 Å².